The fourth-order valence-electron chi connectivity index (χ4n) is 1.06. The minimum Gasteiger partial charge on any atom is -0.394 e. The zero-order valence-corrected chi connectivity index (χ0v) is 7.94. The molecular weight excluding hydrogens is 199 g/mol. The van der Waals surface area contributed by atoms with Crippen LogP contribution in [0.25, 0.3) is 0 Å². The van der Waals surface area contributed by atoms with Crippen LogP contribution < -0.4 is 5.32 Å². The molecule has 0 aromatic heterocycles. The van der Waals surface area contributed by atoms with E-state index in [0.29, 0.717) is 5.69 Å². The molecule has 1 aromatic rings. The molecule has 3 N–H and O–H groups in total. The van der Waals surface area contributed by atoms with Crippen molar-refractivity contribution in [2.45, 2.75) is 6.10 Å². The summed E-state index contributed by atoms with van der Waals surface area (Å²) in [5.41, 5.74) is 0.607. The summed E-state index contributed by atoms with van der Waals surface area (Å²) in [6.07, 6.45) is -0.904. The van der Waals surface area contributed by atoms with Crippen molar-refractivity contribution in [3.63, 3.8) is 0 Å². The van der Waals surface area contributed by atoms with E-state index in [2.05, 4.69) is 5.32 Å². The molecule has 0 fully saturated rings. The Bertz CT molecular complexity index is 376. The number of aliphatic hydroxyl groups is 2. The maximum absolute atomic E-state index is 12.9. The van der Waals surface area contributed by atoms with Gasteiger partial charge in [0.1, 0.15) is 5.82 Å². The number of hydrogen-bond donors (Lipinski definition) is 3. The second-order valence-corrected chi connectivity index (χ2v) is 3.06. The van der Waals surface area contributed by atoms with Gasteiger partial charge in [-0.25, -0.2) is 4.39 Å². The lowest BCUT2D eigenvalue weighted by Crippen LogP contribution is -2.22. The summed E-state index contributed by atoms with van der Waals surface area (Å²) < 4.78 is 12.9. The van der Waals surface area contributed by atoms with Crippen LogP contribution in [-0.2, 0) is 0 Å². The van der Waals surface area contributed by atoms with E-state index in [9.17, 15) is 4.39 Å². The number of benzene rings is 1. The molecule has 80 valence electrons. The Labute approximate surface area is 86.6 Å². The quantitative estimate of drug-likeness (QED) is 0.675. The summed E-state index contributed by atoms with van der Waals surface area (Å²) in [6, 6.07) is 5.62. The lowest BCUT2D eigenvalue weighted by atomic mass is 10.2. The fraction of sp³-hybridized carbons (Fsp3) is 0.300. The van der Waals surface area contributed by atoms with E-state index in [0.717, 1.165) is 6.07 Å². The first-order valence-electron chi connectivity index (χ1n) is 4.39. The molecule has 0 aliphatic heterocycles. The average Bonchev–Trinajstić information content (AvgIpc) is 2.25. The average molecular weight is 210 g/mol. The Kier molecular flexibility index (Phi) is 4.03. The van der Waals surface area contributed by atoms with Crippen LogP contribution in [0.4, 0.5) is 10.1 Å². The van der Waals surface area contributed by atoms with E-state index in [1.807, 2.05) is 6.07 Å². The van der Waals surface area contributed by atoms with Crippen LogP contribution in [0.2, 0.25) is 0 Å². The largest absolute Gasteiger partial charge is 0.394 e. The normalized spacial score (nSPS) is 11.9. The van der Waals surface area contributed by atoms with Gasteiger partial charge in [-0.3, -0.25) is 0 Å². The number of anilines is 1. The summed E-state index contributed by atoms with van der Waals surface area (Å²) in [6.45, 7) is -0.266. The molecule has 1 aromatic carbocycles. The van der Waals surface area contributed by atoms with E-state index in [4.69, 9.17) is 15.5 Å². The van der Waals surface area contributed by atoms with Crippen LogP contribution in [-0.4, -0.2) is 29.5 Å². The molecule has 5 heteroatoms. The van der Waals surface area contributed by atoms with Crippen LogP contribution >= 0.6 is 0 Å². The van der Waals surface area contributed by atoms with Gasteiger partial charge in [0.05, 0.1) is 24.3 Å². The highest BCUT2D eigenvalue weighted by molar-refractivity contribution is 5.49. The number of hydrogen-bond acceptors (Lipinski definition) is 4. The van der Waals surface area contributed by atoms with E-state index in [1.54, 1.807) is 0 Å². The number of nitrogens with zero attached hydrogens (tertiary/aromatic N) is 1. The summed E-state index contributed by atoms with van der Waals surface area (Å²) in [5.74, 6) is -0.518. The Morgan fingerprint density at radius 3 is 2.80 bits per heavy atom. The topological polar surface area (TPSA) is 76.3 Å². The number of nitrogens with one attached hydrogen (secondary N) is 1. The molecule has 0 radical (unpaired) electrons. The fourth-order valence-corrected chi connectivity index (χ4v) is 1.06. The Morgan fingerprint density at radius 1 is 1.47 bits per heavy atom. The maximum atomic E-state index is 12.9. The smallest absolute Gasteiger partial charge is 0.126 e. The molecule has 0 aliphatic carbocycles. The molecule has 0 amide bonds. The summed E-state index contributed by atoms with van der Waals surface area (Å²) >= 11 is 0. The van der Waals surface area contributed by atoms with E-state index in [-0.39, 0.29) is 18.7 Å². The molecular formula is C10H11FN2O2. The zero-order valence-electron chi connectivity index (χ0n) is 7.94. The van der Waals surface area contributed by atoms with Gasteiger partial charge in [0.2, 0.25) is 0 Å². The van der Waals surface area contributed by atoms with Gasteiger partial charge in [0.25, 0.3) is 0 Å². The highest BCUT2D eigenvalue weighted by Gasteiger charge is 2.03. The molecule has 1 unspecified atom stereocenters. The van der Waals surface area contributed by atoms with Crippen molar-refractivity contribution < 1.29 is 14.6 Å². The van der Waals surface area contributed by atoms with Crippen molar-refractivity contribution in [3.8, 4) is 6.07 Å². The van der Waals surface area contributed by atoms with Crippen LogP contribution in [0.3, 0.4) is 0 Å². The SMILES string of the molecule is N#Cc1cc(F)cc(NCC(O)CO)c1. The van der Waals surface area contributed by atoms with Gasteiger partial charge in [-0.05, 0) is 18.2 Å². The van der Waals surface area contributed by atoms with Gasteiger partial charge in [-0.2, -0.15) is 5.26 Å². The second kappa shape index (κ2) is 5.29. The molecule has 0 saturated carbocycles. The van der Waals surface area contributed by atoms with Crippen molar-refractivity contribution in [2.75, 3.05) is 18.5 Å². The second-order valence-electron chi connectivity index (χ2n) is 3.06. The standard InChI is InChI=1S/C10H11FN2O2/c11-8-1-7(4-12)2-9(3-8)13-5-10(15)6-14/h1-3,10,13-15H,5-6H2. The first-order valence-corrected chi connectivity index (χ1v) is 4.39. The molecule has 0 heterocycles. The van der Waals surface area contributed by atoms with Crippen LogP contribution in [0.15, 0.2) is 18.2 Å². The lowest BCUT2D eigenvalue weighted by Gasteiger charge is -2.10. The summed E-state index contributed by atoms with van der Waals surface area (Å²) in [5, 5.41) is 28.9. The summed E-state index contributed by atoms with van der Waals surface area (Å²) in [7, 11) is 0. The van der Waals surface area contributed by atoms with Crippen molar-refractivity contribution in [2.24, 2.45) is 0 Å². The molecule has 0 spiro atoms. The molecule has 1 rings (SSSR count). The number of halogens is 1. The van der Waals surface area contributed by atoms with Gasteiger partial charge in [0, 0.05) is 12.2 Å². The van der Waals surface area contributed by atoms with Crippen LogP contribution in [0.1, 0.15) is 5.56 Å². The van der Waals surface area contributed by atoms with Gasteiger partial charge < -0.3 is 15.5 Å². The first kappa shape index (κ1) is 11.4. The molecule has 1 atom stereocenters. The molecule has 15 heavy (non-hydrogen) atoms. The predicted molar refractivity (Wildman–Crippen MR) is 52.7 cm³/mol. The van der Waals surface area contributed by atoms with Crippen LogP contribution in [0.5, 0.6) is 0 Å². The molecule has 0 saturated heterocycles. The predicted octanol–water partition coefficient (Wildman–Crippen LogP) is 0.462. The Morgan fingerprint density at radius 2 is 2.20 bits per heavy atom. The monoisotopic (exact) mass is 210 g/mol. The highest BCUT2D eigenvalue weighted by Crippen LogP contribution is 2.13. The first-order chi connectivity index (χ1) is 7.15. The molecule has 0 bridgehead atoms. The molecule has 0 aliphatic rings. The third-order valence-electron chi connectivity index (χ3n) is 1.78. The lowest BCUT2D eigenvalue weighted by molar-refractivity contribution is 0.105. The van der Waals surface area contributed by atoms with E-state index >= 15 is 0 Å². The number of aliphatic hydroxyl groups excluding tert-OH is 2. The van der Waals surface area contributed by atoms with E-state index < -0.39 is 11.9 Å². The van der Waals surface area contributed by atoms with Gasteiger partial charge in [-0.15, -0.1) is 0 Å². The third-order valence-corrected chi connectivity index (χ3v) is 1.78. The van der Waals surface area contributed by atoms with E-state index in [1.165, 1.54) is 12.1 Å². The minimum absolute atomic E-state index is 0.102. The van der Waals surface area contributed by atoms with Crippen molar-refractivity contribution in [3.05, 3.63) is 29.6 Å². The van der Waals surface area contributed by atoms with Gasteiger partial charge in [-0.1, -0.05) is 0 Å². The minimum atomic E-state index is -0.904. The maximum Gasteiger partial charge on any atom is 0.126 e. The summed E-state index contributed by atoms with van der Waals surface area (Å²) in [4.78, 5) is 0. The number of nitriles is 1. The Hall–Kier alpha value is -1.64. The van der Waals surface area contributed by atoms with Crippen molar-refractivity contribution in [1.29, 1.82) is 5.26 Å². The third kappa shape index (κ3) is 3.54. The zero-order chi connectivity index (χ0) is 11.3. The highest BCUT2D eigenvalue weighted by atomic mass is 19.1. The number of rotatable bonds is 4. The van der Waals surface area contributed by atoms with Crippen molar-refractivity contribution in [1.82, 2.24) is 0 Å². The van der Waals surface area contributed by atoms with Crippen molar-refractivity contribution >= 4 is 5.69 Å². The Balaban J connectivity index is 2.69. The molecule has 4 nitrogen and oxygen atoms in total. The van der Waals surface area contributed by atoms with Crippen LogP contribution in [0, 0.1) is 17.1 Å². The van der Waals surface area contributed by atoms with Gasteiger partial charge >= 0.3 is 0 Å². The van der Waals surface area contributed by atoms with Gasteiger partial charge in [0.15, 0.2) is 0 Å².